The van der Waals surface area contributed by atoms with Crippen LogP contribution in [0.4, 0.5) is 21.5 Å². The van der Waals surface area contributed by atoms with Crippen LogP contribution < -0.4 is 15.5 Å². The number of hydrogen-bond donors (Lipinski definition) is 2. The highest BCUT2D eigenvalue weighted by Gasteiger charge is 2.18. The van der Waals surface area contributed by atoms with Crippen LogP contribution in [0, 0.1) is 15.9 Å². The van der Waals surface area contributed by atoms with Gasteiger partial charge in [0.05, 0.1) is 4.92 Å². The number of benzene rings is 2. The van der Waals surface area contributed by atoms with Gasteiger partial charge in [0, 0.05) is 50.2 Å². The van der Waals surface area contributed by atoms with E-state index in [4.69, 9.17) is 0 Å². The fourth-order valence-corrected chi connectivity index (χ4v) is 3.26. The van der Waals surface area contributed by atoms with Crippen molar-refractivity contribution in [3.8, 4) is 0 Å². The van der Waals surface area contributed by atoms with Gasteiger partial charge >= 0.3 is 17.5 Å². The second kappa shape index (κ2) is 9.98. The normalized spacial score (nSPS) is 14.2. The molecule has 0 spiro atoms. The van der Waals surface area contributed by atoms with Gasteiger partial charge in [-0.1, -0.05) is 12.1 Å². The zero-order valence-electron chi connectivity index (χ0n) is 17.1. The van der Waals surface area contributed by atoms with E-state index in [1.54, 1.807) is 0 Å². The molecule has 1 aliphatic heterocycles. The number of piperazine rings is 1. The Bertz CT molecular complexity index is 959. The number of halogens is 1. The van der Waals surface area contributed by atoms with Gasteiger partial charge in [0.1, 0.15) is 0 Å². The number of nitro benzene ring substituents is 1. The molecule has 3 rings (SSSR count). The van der Waals surface area contributed by atoms with Gasteiger partial charge in [-0.3, -0.25) is 19.7 Å². The third-order valence-electron chi connectivity index (χ3n) is 5.11. The van der Waals surface area contributed by atoms with Crippen molar-refractivity contribution in [3.63, 3.8) is 0 Å². The molecule has 0 aliphatic carbocycles. The van der Waals surface area contributed by atoms with Gasteiger partial charge in [-0.25, -0.2) is 0 Å². The Morgan fingerprint density at radius 1 is 1.06 bits per heavy atom. The fourth-order valence-electron chi connectivity index (χ4n) is 3.26. The Balaban J connectivity index is 1.46. The van der Waals surface area contributed by atoms with Gasteiger partial charge in [0.15, 0.2) is 0 Å². The maximum absolute atomic E-state index is 13.4. The Labute approximate surface area is 179 Å². The molecule has 2 aromatic rings. The Hall–Kier alpha value is -3.53. The molecular weight excluding hydrogens is 405 g/mol. The van der Waals surface area contributed by atoms with Crippen LogP contribution in [-0.4, -0.2) is 61.4 Å². The second-order valence-electron chi connectivity index (χ2n) is 7.34. The fraction of sp³-hybridized carbons (Fsp3) is 0.333. The summed E-state index contributed by atoms with van der Waals surface area (Å²) in [5.41, 5.74) is 1.37. The summed E-state index contributed by atoms with van der Waals surface area (Å²) in [7, 11) is 2.11. The molecule has 0 radical (unpaired) electrons. The van der Waals surface area contributed by atoms with E-state index < -0.39 is 28.2 Å². The number of rotatable bonds is 6. The first-order valence-corrected chi connectivity index (χ1v) is 9.89. The number of nitrogens with zero attached hydrogens (tertiary/aromatic N) is 3. The molecule has 0 aromatic heterocycles. The second-order valence-corrected chi connectivity index (χ2v) is 7.34. The molecule has 1 fully saturated rings. The van der Waals surface area contributed by atoms with Gasteiger partial charge < -0.3 is 20.4 Å². The molecule has 9 nitrogen and oxygen atoms in total. The smallest absolute Gasteiger partial charge is 0.313 e. The van der Waals surface area contributed by atoms with E-state index in [9.17, 15) is 24.1 Å². The summed E-state index contributed by atoms with van der Waals surface area (Å²) in [5, 5.41) is 15.5. The first-order valence-electron chi connectivity index (χ1n) is 9.89. The quantitative estimate of drug-likeness (QED) is 0.412. The van der Waals surface area contributed by atoms with Crippen LogP contribution in [0.25, 0.3) is 0 Å². The largest absolute Gasteiger partial charge is 0.369 e. The van der Waals surface area contributed by atoms with Crippen LogP contribution in [0.3, 0.4) is 0 Å². The molecule has 1 saturated heterocycles. The number of carbonyl (C=O) groups excluding carboxylic acids is 2. The molecule has 2 N–H and O–H groups in total. The van der Waals surface area contributed by atoms with Gasteiger partial charge in [0.25, 0.3) is 0 Å². The molecule has 31 heavy (non-hydrogen) atoms. The van der Waals surface area contributed by atoms with Crippen LogP contribution in [0.15, 0.2) is 42.5 Å². The predicted molar refractivity (Wildman–Crippen MR) is 115 cm³/mol. The summed E-state index contributed by atoms with van der Waals surface area (Å²) in [5.74, 6) is -2.88. The molecule has 164 valence electrons. The van der Waals surface area contributed by atoms with Crippen molar-refractivity contribution in [2.45, 2.75) is 6.42 Å². The minimum absolute atomic E-state index is 0.0345. The van der Waals surface area contributed by atoms with Crippen molar-refractivity contribution in [2.24, 2.45) is 0 Å². The summed E-state index contributed by atoms with van der Waals surface area (Å²) in [6.07, 6.45) is 0.546. The molecule has 0 atom stereocenters. The number of amides is 2. The van der Waals surface area contributed by atoms with Crippen molar-refractivity contribution in [1.82, 2.24) is 10.2 Å². The molecular formula is C21H24FN5O4. The van der Waals surface area contributed by atoms with E-state index in [2.05, 4.69) is 39.6 Å². The predicted octanol–water partition coefficient (Wildman–Crippen LogP) is 1.78. The van der Waals surface area contributed by atoms with E-state index in [-0.39, 0.29) is 12.2 Å². The molecule has 1 heterocycles. The Morgan fingerprint density at radius 2 is 1.74 bits per heavy atom. The highest BCUT2D eigenvalue weighted by molar-refractivity contribution is 6.39. The summed E-state index contributed by atoms with van der Waals surface area (Å²) in [6, 6.07) is 11.0. The summed E-state index contributed by atoms with van der Waals surface area (Å²) >= 11 is 0. The lowest BCUT2D eigenvalue weighted by molar-refractivity contribution is -0.387. The number of carbonyl (C=O) groups is 2. The van der Waals surface area contributed by atoms with Crippen molar-refractivity contribution in [1.29, 1.82) is 0 Å². The number of hydrogen-bond acceptors (Lipinski definition) is 6. The number of nitro groups is 1. The van der Waals surface area contributed by atoms with Gasteiger partial charge in [-0.2, -0.15) is 4.39 Å². The standard InChI is InChI=1S/C21H24FN5O4/c1-25-10-12-26(13-11-25)17-5-2-15(3-6-17)8-9-23-20(28)21(29)24-16-4-7-18(22)19(14-16)27(30)31/h2-7,14H,8-13H2,1H3,(H,23,28)(H,24,29). The lowest BCUT2D eigenvalue weighted by Crippen LogP contribution is -2.44. The third-order valence-corrected chi connectivity index (χ3v) is 5.11. The van der Waals surface area contributed by atoms with E-state index in [0.29, 0.717) is 6.42 Å². The first-order chi connectivity index (χ1) is 14.8. The van der Waals surface area contributed by atoms with E-state index in [1.165, 1.54) is 0 Å². The highest BCUT2D eigenvalue weighted by Crippen LogP contribution is 2.21. The SMILES string of the molecule is CN1CCN(c2ccc(CCNC(=O)C(=O)Nc3ccc(F)c([N+](=O)[O-])c3)cc2)CC1. The van der Waals surface area contributed by atoms with Gasteiger partial charge in [-0.05, 0) is 43.3 Å². The minimum Gasteiger partial charge on any atom is -0.369 e. The molecule has 2 amide bonds. The van der Waals surface area contributed by atoms with Crippen molar-refractivity contribution in [2.75, 3.05) is 50.0 Å². The summed E-state index contributed by atoms with van der Waals surface area (Å²) in [4.78, 5) is 38.4. The van der Waals surface area contributed by atoms with Crippen LogP contribution in [-0.2, 0) is 16.0 Å². The van der Waals surface area contributed by atoms with Crippen LogP contribution in [0.1, 0.15) is 5.56 Å². The molecule has 2 aromatic carbocycles. The monoisotopic (exact) mass is 429 g/mol. The van der Waals surface area contributed by atoms with Crippen LogP contribution >= 0.6 is 0 Å². The van der Waals surface area contributed by atoms with E-state index >= 15 is 0 Å². The zero-order valence-corrected chi connectivity index (χ0v) is 17.1. The van der Waals surface area contributed by atoms with Crippen LogP contribution in [0.2, 0.25) is 0 Å². The Kier molecular flexibility index (Phi) is 7.14. The van der Waals surface area contributed by atoms with Gasteiger partial charge in [0.2, 0.25) is 5.82 Å². The molecule has 1 aliphatic rings. The topological polar surface area (TPSA) is 108 Å². The minimum atomic E-state index is -1.02. The average molecular weight is 429 g/mol. The van der Waals surface area contributed by atoms with E-state index in [0.717, 1.165) is 55.6 Å². The van der Waals surface area contributed by atoms with Crippen molar-refractivity contribution < 1.29 is 18.9 Å². The maximum atomic E-state index is 13.4. The summed E-state index contributed by atoms with van der Waals surface area (Å²) in [6.45, 7) is 4.28. The maximum Gasteiger partial charge on any atom is 0.313 e. The number of nitrogens with one attached hydrogen (secondary N) is 2. The lowest BCUT2D eigenvalue weighted by Gasteiger charge is -2.34. The Morgan fingerprint density at radius 3 is 2.39 bits per heavy atom. The molecule has 0 unspecified atom stereocenters. The molecule has 0 saturated carbocycles. The lowest BCUT2D eigenvalue weighted by atomic mass is 10.1. The third kappa shape index (κ3) is 5.98. The van der Waals surface area contributed by atoms with Gasteiger partial charge in [-0.15, -0.1) is 0 Å². The zero-order chi connectivity index (χ0) is 22.4. The van der Waals surface area contributed by atoms with E-state index in [1.807, 2.05) is 12.1 Å². The first kappa shape index (κ1) is 22.2. The molecule has 0 bridgehead atoms. The van der Waals surface area contributed by atoms with Crippen molar-refractivity contribution >= 4 is 28.9 Å². The van der Waals surface area contributed by atoms with Crippen LogP contribution in [0.5, 0.6) is 0 Å². The number of likely N-dealkylation sites (N-methyl/N-ethyl adjacent to an activating group) is 1. The number of anilines is 2. The molecule has 10 heteroatoms. The highest BCUT2D eigenvalue weighted by atomic mass is 19.1. The average Bonchev–Trinajstić information content (AvgIpc) is 2.76. The van der Waals surface area contributed by atoms with Crippen molar-refractivity contribution in [3.05, 3.63) is 64.0 Å². The summed E-state index contributed by atoms with van der Waals surface area (Å²) < 4.78 is 13.4.